The summed E-state index contributed by atoms with van der Waals surface area (Å²) in [5.74, 6) is 2.00. The van der Waals surface area contributed by atoms with E-state index in [4.69, 9.17) is 5.26 Å². The van der Waals surface area contributed by atoms with Gasteiger partial charge in [-0.15, -0.1) is 0 Å². The van der Waals surface area contributed by atoms with Gasteiger partial charge in [0.05, 0.1) is 0 Å². The van der Waals surface area contributed by atoms with Crippen LogP contribution in [0, 0.1) is 11.2 Å². The quantitative estimate of drug-likeness (QED) is 0.571. The van der Waals surface area contributed by atoms with E-state index in [1.54, 1.807) is 0 Å². The number of aromatic nitrogens is 1. The minimum absolute atomic E-state index is 1.07. The molecule has 2 rings (SSSR count). The zero-order chi connectivity index (χ0) is 8.39. The van der Waals surface area contributed by atoms with Crippen molar-refractivity contribution in [2.75, 3.05) is 0 Å². The van der Waals surface area contributed by atoms with E-state index in [0.717, 1.165) is 10.9 Å². The van der Waals surface area contributed by atoms with Gasteiger partial charge in [-0.1, -0.05) is 18.2 Å². The lowest BCUT2D eigenvalue weighted by Crippen LogP contribution is -2.00. The van der Waals surface area contributed by atoms with Gasteiger partial charge in [-0.25, -0.2) is 5.26 Å². The van der Waals surface area contributed by atoms with Crippen LogP contribution in [0.1, 0.15) is 0 Å². The molecule has 1 radical (unpaired) electrons. The van der Waals surface area contributed by atoms with Crippen LogP contribution >= 0.6 is 0 Å². The van der Waals surface area contributed by atoms with Gasteiger partial charge in [0.2, 0.25) is 0 Å². The van der Waals surface area contributed by atoms with Gasteiger partial charge in [-0.05, 0) is 23.7 Å². The first kappa shape index (κ1) is 6.99. The van der Waals surface area contributed by atoms with E-state index >= 15 is 0 Å². The first-order valence-electron chi connectivity index (χ1n) is 3.70. The number of para-hydroxylation sites is 1. The second-order valence-electron chi connectivity index (χ2n) is 2.54. The normalized spacial score (nSPS) is 9.58. The van der Waals surface area contributed by atoms with Gasteiger partial charge in [0.1, 0.15) is 0 Å². The van der Waals surface area contributed by atoms with Gasteiger partial charge in [-0.2, -0.15) is 0 Å². The van der Waals surface area contributed by atoms with E-state index in [2.05, 4.69) is 0 Å². The smallest absolute Gasteiger partial charge is 0.381 e. The molecule has 0 bridgehead atoms. The fourth-order valence-electron chi connectivity index (χ4n) is 1.28. The lowest BCUT2D eigenvalue weighted by molar-refractivity contribution is 1.30. The Hall–Kier alpha value is -1.69. The van der Waals surface area contributed by atoms with Gasteiger partial charge in [0.15, 0.2) is 0 Å². The van der Waals surface area contributed by atoms with E-state index in [1.807, 2.05) is 47.0 Å². The Kier molecular flexibility index (Phi) is 1.60. The third-order valence-corrected chi connectivity index (χ3v) is 1.83. The number of nitrogens with zero attached hydrogens (tertiary/aromatic N) is 2. The van der Waals surface area contributed by atoms with Gasteiger partial charge >= 0.3 is 7.41 Å². The molecule has 2 aromatic rings. The average molecular weight is 153 g/mol. The van der Waals surface area contributed by atoms with Gasteiger partial charge in [0, 0.05) is 11.5 Å². The summed E-state index contributed by atoms with van der Waals surface area (Å²) >= 11 is 0. The lowest BCUT2D eigenvalue weighted by Gasteiger charge is -1.95. The van der Waals surface area contributed by atoms with Crippen LogP contribution < -0.4 is 0 Å². The topological polar surface area (TPSA) is 28.7 Å². The molecular weight excluding hydrogens is 147 g/mol. The number of rotatable bonds is 1. The molecule has 0 atom stereocenters. The van der Waals surface area contributed by atoms with Crippen molar-refractivity contribution in [2.45, 2.75) is 0 Å². The minimum atomic E-state index is 1.07. The zero-order valence-electron chi connectivity index (χ0n) is 6.44. The van der Waals surface area contributed by atoms with E-state index < -0.39 is 0 Å². The Bertz CT molecular complexity index is 439. The lowest BCUT2D eigenvalue weighted by atomic mass is 9.98. The second-order valence-corrected chi connectivity index (χ2v) is 2.54. The molecule has 1 heterocycles. The summed E-state index contributed by atoms with van der Waals surface area (Å²) in [5.41, 5.74) is 1.07. The molecule has 2 nitrogen and oxygen atoms in total. The molecule has 3 heteroatoms. The molecule has 0 aliphatic carbocycles. The molecule has 0 saturated heterocycles. The van der Waals surface area contributed by atoms with Gasteiger partial charge in [0.25, 0.3) is 0 Å². The maximum atomic E-state index is 8.47. The first-order valence-corrected chi connectivity index (χ1v) is 3.70. The molecule has 0 aliphatic rings. The summed E-state index contributed by atoms with van der Waals surface area (Å²) in [6.07, 6.45) is 1.88. The van der Waals surface area contributed by atoms with Crippen molar-refractivity contribution in [3.63, 3.8) is 0 Å². The number of hydrogen-bond acceptors (Lipinski definition) is 1. The van der Waals surface area contributed by atoms with Crippen molar-refractivity contribution in [1.29, 1.82) is 5.26 Å². The molecule has 0 aliphatic heterocycles. The summed E-state index contributed by atoms with van der Waals surface area (Å²) < 4.78 is 1.81. The van der Waals surface area contributed by atoms with Crippen LogP contribution in [0.5, 0.6) is 0 Å². The molecule has 0 saturated carbocycles. The van der Waals surface area contributed by atoms with Crippen molar-refractivity contribution in [3.8, 4) is 5.97 Å². The Morgan fingerprint density at radius 2 is 2.08 bits per heavy atom. The zero-order valence-corrected chi connectivity index (χ0v) is 6.44. The molecule has 0 fully saturated rings. The maximum absolute atomic E-state index is 8.47. The number of fused-ring (bicyclic) bond motifs is 1. The predicted molar refractivity (Wildman–Crippen MR) is 48.7 cm³/mol. The van der Waals surface area contributed by atoms with Crippen LogP contribution in [-0.2, 0) is 0 Å². The van der Waals surface area contributed by atoms with Crippen LogP contribution in [0.3, 0.4) is 0 Å². The van der Waals surface area contributed by atoms with Crippen LogP contribution in [-0.4, -0.2) is 11.9 Å². The second kappa shape index (κ2) is 2.75. The third kappa shape index (κ3) is 0.979. The van der Waals surface area contributed by atoms with Crippen molar-refractivity contribution >= 4 is 18.3 Å². The molecule has 1 aromatic carbocycles. The standard InChI is InChI=1S/C9H6BN2/c11-7-10-12-6-5-8-3-1-2-4-9(8)12/h1-6H. The van der Waals surface area contributed by atoms with Crippen molar-refractivity contribution in [3.05, 3.63) is 36.5 Å². The van der Waals surface area contributed by atoms with E-state index in [0.29, 0.717) is 0 Å². The Morgan fingerprint density at radius 3 is 2.92 bits per heavy atom. The average Bonchev–Trinajstić information content (AvgIpc) is 2.50. The van der Waals surface area contributed by atoms with E-state index in [9.17, 15) is 0 Å². The van der Waals surface area contributed by atoms with Gasteiger partial charge < -0.3 is 4.48 Å². The maximum Gasteiger partial charge on any atom is 0.391 e. The van der Waals surface area contributed by atoms with E-state index in [1.165, 1.54) is 7.41 Å². The summed E-state index contributed by atoms with van der Waals surface area (Å²) in [6, 6.07) is 9.95. The Labute approximate surface area is 71.3 Å². The van der Waals surface area contributed by atoms with E-state index in [-0.39, 0.29) is 0 Å². The van der Waals surface area contributed by atoms with Crippen molar-refractivity contribution in [1.82, 2.24) is 4.48 Å². The highest BCUT2D eigenvalue weighted by molar-refractivity contribution is 6.44. The summed E-state index contributed by atoms with van der Waals surface area (Å²) in [7, 11) is 1.49. The molecule has 0 spiro atoms. The SMILES string of the molecule is N#C[B]n1ccc2ccccc21. The van der Waals surface area contributed by atoms with Crippen molar-refractivity contribution in [2.24, 2.45) is 0 Å². The van der Waals surface area contributed by atoms with Gasteiger partial charge in [-0.3, -0.25) is 0 Å². The van der Waals surface area contributed by atoms with Crippen LogP contribution in [0.4, 0.5) is 0 Å². The van der Waals surface area contributed by atoms with Crippen molar-refractivity contribution < 1.29 is 0 Å². The molecule has 1 aromatic heterocycles. The largest absolute Gasteiger partial charge is 0.391 e. The highest BCUT2D eigenvalue weighted by Crippen LogP contribution is 2.13. The minimum Gasteiger partial charge on any atom is -0.381 e. The highest BCUT2D eigenvalue weighted by atomic mass is 14.9. The molecule has 12 heavy (non-hydrogen) atoms. The number of hydrogen-bond donors (Lipinski definition) is 0. The predicted octanol–water partition coefficient (Wildman–Crippen LogP) is 1.59. The Morgan fingerprint density at radius 1 is 1.25 bits per heavy atom. The monoisotopic (exact) mass is 153 g/mol. The molecular formula is C9H6BN2. The van der Waals surface area contributed by atoms with Crippen LogP contribution in [0.15, 0.2) is 36.5 Å². The summed E-state index contributed by atoms with van der Waals surface area (Å²) in [5, 5.41) is 9.63. The summed E-state index contributed by atoms with van der Waals surface area (Å²) in [6.45, 7) is 0. The number of benzene rings is 1. The first-order chi connectivity index (χ1) is 5.92. The molecule has 0 unspecified atom stereocenters. The van der Waals surface area contributed by atoms with Crippen LogP contribution in [0.25, 0.3) is 10.9 Å². The molecule has 55 valence electrons. The number of nitriles is 1. The highest BCUT2D eigenvalue weighted by Gasteiger charge is 1.99. The third-order valence-electron chi connectivity index (χ3n) is 1.83. The fourth-order valence-corrected chi connectivity index (χ4v) is 1.28. The fraction of sp³-hybridized carbons (Fsp3) is 0. The molecule has 0 amide bonds. The summed E-state index contributed by atoms with van der Waals surface area (Å²) in [4.78, 5) is 0. The van der Waals surface area contributed by atoms with Crippen LogP contribution in [0.2, 0.25) is 0 Å². The Balaban J connectivity index is 2.64. The molecule has 0 N–H and O–H groups in total.